The molecular formula is C30H64Br2N2+2. The van der Waals surface area contributed by atoms with Gasteiger partial charge < -0.3 is 8.97 Å². The smallest absolute Gasteiger partial charge is 0.144 e. The van der Waals surface area contributed by atoms with Crippen LogP contribution in [0.15, 0.2) is 0 Å². The van der Waals surface area contributed by atoms with Gasteiger partial charge in [-0.15, -0.1) is 0 Å². The first-order valence-electron chi connectivity index (χ1n) is 15.3. The summed E-state index contributed by atoms with van der Waals surface area (Å²) in [6.07, 6.45) is 25.4. The van der Waals surface area contributed by atoms with Crippen LogP contribution in [0.1, 0.15) is 143 Å². The third-order valence-corrected chi connectivity index (χ3v) is 11.3. The van der Waals surface area contributed by atoms with Crippen molar-refractivity contribution < 1.29 is 8.97 Å². The molecule has 0 aliphatic heterocycles. The molecule has 0 aromatic rings. The fourth-order valence-corrected chi connectivity index (χ4v) is 7.02. The third-order valence-electron chi connectivity index (χ3n) is 8.40. The maximum Gasteiger partial charge on any atom is 0.144 e. The van der Waals surface area contributed by atoms with Gasteiger partial charge in [0.05, 0.1) is 40.3 Å². The monoisotopic (exact) mass is 610 g/mol. The zero-order chi connectivity index (χ0) is 25.7. The van der Waals surface area contributed by atoms with Gasteiger partial charge in [0.1, 0.15) is 9.90 Å². The Morgan fingerprint density at radius 2 is 0.676 bits per heavy atom. The molecular weight excluding hydrogens is 548 g/mol. The topological polar surface area (TPSA) is 0 Å². The van der Waals surface area contributed by atoms with Crippen molar-refractivity contribution in [2.24, 2.45) is 0 Å². The van der Waals surface area contributed by atoms with Crippen molar-refractivity contribution in [1.29, 1.82) is 0 Å². The molecule has 0 spiro atoms. The Morgan fingerprint density at radius 3 is 0.882 bits per heavy atom. The highest BCUT2D eigenvalue weighted by Crippen LogP contribution is 2.24. The summed E-state index contributed by atoms with van der Waals surface area (Å²) in [5.74, 6) is 0. The van der Waals surface area contributed by atoms with Crippen molar-refractivity contribution in [3.63, 3.8) is 0 Å². The van der Waals surface area contributed by atoms with Gasteiger partial charge in [0, 0.05) is 12.8 Å². The minimum Gasteiger partial charge on any atom is -0.315 e. The lowest BCUT2D eigenvalue weighted by molar-refractivity contribution is -0.916. The maximum absolute atomic E-state index is 3.99. The summed E-state index contributed by atoms with van der Waals surface area (Å²) < 4.78 is 2.37. The number of unbranched alkanes of at least 4 members (excludes halogenated alkanes) is 13. The van der Waals surface area contributed by atoms with Gasteiger partial charge in [-0.25, -0.2) is 0 Å². The standard InChI is InChI=1S/C30H64Br2N2/c1-7-27-33(5,9-3)29(31)25-23-21-19-17-15-13-11-12-14-16-18-20-22-24-26-30(32)34(6,10-4)28-8-2/h29-30H,7-28H2,1-6H3/q+2. The zero-order valence-corrected chi connectivity index (χ0v) is 27.5. The molecule has 0 fully saturated rings. The molecule has 34 heavy (non-hydrogen) atoms. The van der Waals surface area contributed by atoms with Gasteiger partial charge in [0.15, 0.2) is 0 Å². The second kappa shape index (κ2) is 21.9. The number of hydrogen-bond donors (Lipinski definition) is 0. The lowest BCUT2D eigenvalue weighted by atomic mass is 10.0. The largest absolute Gasteiger partial charge is 0.315 e. The van der Waals surface area contributed by atoms with E-state index in [0.717, 1.165) is 0 Å². The molecule has 4 heteroatoms. The first kappa shape index (κ1) is 34.9. The first-order valence-corrected chi connectivity index (χ1v) is 17.1. The average molecular weight is 613 g/mol. The molecule has 2 nitrogen and oxygen atoms in total. The van der Waals surface area contributed by atoms with Crippen molar-refractivity contribution in [2.75, 3.05) is 40.3 Å². The van der Waals surface area contributed by atoms with Crippen molar-refractivity contribution in [2.45, 2.75) is 153 Å². The number of rotatable bonds is 25. The molecule has 4 unspecified atom stereocenters. The van der Waals surface area contributed by atoms with Crippen LogP contribution >= 0.6 is 31.9 Å². The Balaban J connectivity index is 3.48. The average Bonchev–Trinajstić information content (AvgIpc) is 2.83. The fraction of sp³-hybridized carbons (Fsp3) is 1.00. The van der Waals surface area contributed by atoms with E-state index < -0.39 is 0 Å². The molecule has 0 N–H and O–H groups in total. The summed E-state index contributed by atoms with van der Waals surface area (Å²) >= 11 is 7.99. The van der Waals surface area contributed by atoms with Crippen molar-refractivity contribution in [1.82, 2.24) is 0 Å². The van der Waals surface area contributed by atoms with Crippen LogP contribution in [0.5, 0.6) is 0 Å². The Morgan fingerprint density at radius 1 is 0.441 bits per heavy atom. The van der Waals surface area contributed by atoms with Crippen molar-refractivity contribution >= 4 is 31.9 Å². The molecule has 0 bridgehead atoms. The predicted molar refractivity (Wildman–Crippen MR) is 163 cm³/mol. The third kappa shape index (κ3) is 15.9. The number of quaternary nitrogens is 2. The summed E-state index contributed by atoms with van der Waals surface area (Å²) in [7, 11) is 4.83. The Kier molecular flexibility index (Phi) is 22.5. The molecule has 0 aliphatic rings. The van der Waals surface area contributed by atoms with Crippen LogP contribution in [-0.4, -0.2) is 59.1 Å². The van der Waals surface area contributed by atoms with E-state index in [9.17, 15) is 0 Å². The highest BCUT2D eigenvalue weighted by atomic mass is 79.9. The van der Waals surface area contributed by atoms with Crippen LogP contribution in [0.4, 0.5) is 0 Å². The highest BCUT2D eigenvalue weighted by Gasteiger charge is 2.28. The van der Waals surface area contributed by atoms with Crippen LogP contribution in [-0.2, 0) is 0 Å². The van der Waals surface area contributed by atoms with E-state index in [0.29, 0.717) is 9.90 Å². The molecule has 4 atom stereocenters. The normalized spacial score (nSPS) is 17.3. The van der Waals surface area contributed by atoms with Crippen LogP contribution in [0.2, 0.25) is 0 Å². The predicted octanol–water partition coefficient (Wildman–Crippen LogP) is 10.4. The lowest BCUT2D eigenvalue weighted by Crippen LogP contribution is -2.49. The quantitative estimate of drug-likeness (QED) is 0.0417. The SMILES string of the molecule is CCC[N+](C)(CC)C(Br)CCCCCCCCCCCCCCCCC(Br)[N+](C)(CC)CCC. The van der Waals surface area contributed by atoms with Crippen LogP contribution in [0.25, 0.3) is 0 Å². The van der Waals surface area contributed by atoms with E-state index >= 15 is 0 Å². The molecule has 0 amide bonds. The van der Waals surface area contributed by atoms with E-state index in [4.69, 9.17) is 0 Å². The fourth-order valence-electron chi connectivity index (χ4n) is 5.38. The van der Waals surface area contributed by atoms with Crippen molar-refractivity contribution in [3.8, 4) is 0 Å². The summed E-state index contributed by atoms with van der Waals surface area (Å²) in [6, 6.07) is 0. The Labute approximate surface area is 233 Å². The number of alkyl halides is 2. The molecule has 0 rings (SSSR count). The summed E-state index contributed by atoms with van der Waals surface area (Å²) in [6.45, 7) is 14.3. The zero-order valence-electron chi connectivity index (χ0n) is 24.4. The molecule has 0 saturated heterocycles. The number of halogens is 2. The van der Waals surface area contributed by atoms with Gasteiger partial charge in [-0.3, -0.25) is 0 Å². The first-order chi connectivity index (χ1) is 16.3. The molecule has 0 saturated carbocycles. The second-order valence-corrected chi connectivity index (χ2v) is 13.5. The van der Waals surface area contributed by atoms with Gasteiger partial charge >= 0.3 is 0 Å². The van der Waals surface area contributed by atoms with E-state index in [-0.39, 0.29) is 0 Å². The number of hydrogen-bond acceptors (Lipinski definition) is 0. The van der Waals surface area contributed by atoms with E-state index in [2.05, 4.69) is 73.7 Å². The Hall–Kier alpha value is 0.880. The minimum absolute atomic E-state index is 0.640. The summed E-state index contributed by atoms with van der Waals surface area (Å²) in [5, 5.41) is 0. The maximum atomic E-state index is 3.99. The molecule has 0 aromatic heterocycles. The lowest BCUT2D eigenvalue weighted by Gasteiger charge is -2.38. The number of nitrogens with zero attached hydrogens (tertiary/aromatic N) is 2. The summed E-state index contributed by atoms with van der Waals surface area (Å²) in [5.41, 5.74) is 0. The van der Waals surface area contributed by atoms with E-state index in [1.807, 2.05) is 0 Å². The van der Waals surface area contributed by atoms with E-state index in [1.165, 1.54) is 151 Å². The second-order valence-electron chi connectivity index (χ2n) is 11.4. The van der Waals surface area contributed by atoms with Gasteiger partial charge in [-0.05, 0) is 71.4 Å². The van der Waals surface area contributed by atoms with E-state index in [1.54, 1.807) is 0 Å². The Bertz CT molecular complexity index is 408. The molecule has 0 aliphatic carbocycles. The molecule has 0 heterocycles. The van der Waals surface area contributed by atoms with Gasteiger partial charge in [-0.2, -0.15) is 0 Å². The van der Waals surface area contributed by atoms with Crippen LogP contribution in [0.3, 0.4) is 0 Å². The van der Waals surface area contributed by atoms with Crippen LogP contribution < -0.4 is 0 Å². The highest BCUT2D eigenvalue weighted by molar-refractivity contribution is 9.09. The minimum atomic E-state index is 0.640. The van der Waals surface area contributed by atoms with Gasteiger partial charge in [-0.1, -0.05) is 90.9 Å². The molecule has 0 aromatic carbocycles. The van der Waals surface area contributed by atoms with Crippen LogP contribution in [0, 0.1) is 0 Å². The van der Waals surface area contributed by atoms with Gasteiger partial charge in [0.25, 0.3) is 0 Å². The van der Waals surface area contributed by atoms with Crippen molar-refractivity contribution in [3.05, 3.63) is 0 Å². The summed E-state index contributed by atoms with van der Waals surface area (Å²) in [4.78, 5) is 1.28. The molecule has 0 radical (unpaired) electrons. The van der Waals surface area contributed by atoms with Gasteiger partial charge in [0.2, 0.25) is 0 Å². The molecule has 206 valence electrons.